The number of nitrogens with zero attached hydrogens (tertiary/aromatic N) is 3. The molecule has 220 valence electrons. The van der Waals surface area contributed by atoms with E-state index < -0.39 is 33.0 Å². The Hall–Kier alpha value is -4.77. The van der Waals surface area contributed by atoms with Crippen molar-refractivity contribution in [3.63, 3.8) is 0 Å². The molecule has 2 aliphatic heterocycles. The molecule has 0 spiro atoms. The van der Waals surface area contributed by atoms with Crippen molar-refractivity contribution in [2.24, 2.45) is 5.41 Å². The SMILES string of the molecule is CC1(C)CC2=C(C(c3ccc(OCc4ccccc4)cc3F)N(C(=O)c3cccnn3)c3cccc(O)c3N2)S(=O)(=O)C1. The number of anilines is 2. The molecule has 6 rings (SSSR count). The molecule has 0 aliphatic carbocycles. The summed E-state index contributed by atoms with van der Waals surface area (Å²) in [6.07, 6.45) is 1.68. The summed E-state index contributed by atoms with van der Waals surface area (Å²) in [5.74, 6) is -1.66. The van der Waals surface area contributed by atoms with E-state index in [1.807, 2.05) is 44.2 Å². The van der Waals surface area contributed by atoms with E-state index in [0.717, 1.165) is 5.56 Å². The van der Waals surface area contributed by atoms with E-state index in [2.05, 4.69) is 15.5 Å². The van der Waals surface area contributed by atoms with Gasteiger partial charge in [-0.15, -0.1) is 5.10 Å². The summed E-state index contributed by atoms with van der Waals surface area (Å²) < 4.78 is 50.2. The molecule has 43 heavy (non-hydrogen) atoms. The third-order valence-electron chi connectivity index (χ3n) is 7.46. The first kappa shape index (κ1) is 28.4. The van der Waals surface area contributed by atoms with Crippen LogP contribution in [0.15, 0.2) is 95.7 Å². The number of halogens is 1. The van der Waals surface area contributed by atoms with Gasteiger partial charge in [0.1, 0.15) is 35.7 Å². The zero-order valence-corrected chi connectivity index (χ0v) is 24.3. The van der Waals surface area contributed by atoms with E-state index in [4.69, 9.17) is 4.74 Å². The normalized spacial score (nSPS) is 18.6. The molecule has 3 heterocycles. The number of phenolic OH excluding ortho intramolecular Hbond substituents is 1. The van der Waals surface area contributed by atoms with Gasteiger partial charge in [0.05, 0.1) is 16.3 Å². The fourth-order valence-electron chi connectivity index (χ4n) is 5.71. The number of para-hydroxylation sites is 1. The predicted octanol–water partition coefficient (Wildman–Crippen LogP) is 5.77. The lowest BCUT2D eigenvalue weighted by Crippen LogP contribution is -2.41. The smallest absolute Gasteiger partial charge is 0.279 e. The molecule has 0 saturated carbocycles. The van der Waals surface area contributed by atoms with Crippen molar-refractivity contribution in [2.75, 3.05) is 16.0 Å². The number of fused-ring (bicyclic) bond motifs is 1. The van der Waals surface area contributed by atoms with Crippen molar-refractivity contribution in [1.82, 2.24) is 10.2 Å². The van der Waals surface area contributed by atoms with Gasteiger partial charge in [-0.25, -0.2) is 12.8 Å². The van der Waals surface area contributed by atoms with Gasteiger partial charge in [-0.05, 0) is 53.8 Å². The zero-order chi connectivity index (χ0) is 30.4. The van der Waals surface area contributed by atoms with Crippen molar-refractivity contribution in [2.45, 2.75) is 32.9 Å². The number of allylic oxidation sites excluding steroid dienone is 1. The number of aromatic nitrogens is 2. The van der Waals surface area contributed by atoms with Crippen LogP contribution in [0.5, 0.6) is 11.5 Å². The third-order valence-corrected chi connectivity index (χ3v) is 9.76. The molecule has 2 N–H and O–H groups in total. The zero-order valence-electron chi connectivity index (χ0n) is 23.5. The van der Waals surface area contributed by atoms with Gasteiger partial charge in [0.15, 0.2) is 15.5 Å². The van der Waals surface area contributed by atoms with E-state index in [9.17, 15) is 18.3 Å². The summed E-state index contributed by atoms with van der Waals surface area (Å²) in [5.41, 5.74) is 0.655. The van der Waals surface area contributed by atoms with Gasteiger partial charge in [-0.3, -0.25) is 9.69 Å². The molecule has 9 nitrogen and oxygen atoms in total. The Labute approximate surface area is 248 Å². The van der Waals surface area contributed by atoms with Crippen molar-refractivity contribution in [3.8, 4) is 11.5 Å². The summed E-state index contributed by atoms with van der Waals surface area (Å²) in [5, 5.41) is 21.8. The largest absolute Gasteiger partial charge is 0.506 e. The van der Waals surface area contributed by atoms with Crippen LogP contribution in [-0.4, -0.2) is 35.4 Å². The lowest BCUT2D eigenvalue weighted by Gasteiger charge is -2.37. The highest BCUT2D eigenvalue weighted by atomic mass is 32.2. The van der Waals surface area contributed by atoms with Crippen LogP contribution >= 0.6 is 0 Å². The molecule has 1 aromatic heterocycles. The molecule has 0 radical (unpaired) electrons. The van der Waals surface area contributed by atoms with Crippen LogP contribution in [0.4, 0.5) is 15.8 Å². The predicted molar refractivity (Wildman–Crippen MR) is 160 cm³/mol. The highest BCUT2D eigenvalue weighted by molar-refractivity contribution is 7.95. The maximum absolute atomic E-state index is 16.2. The highest BCUT2D eigenvalue weighted by Crippen LogP contribution is 2.52. The lowest BCUT2D eigenvalue weighted by atomic mass is 9.88. The van der Waals surface area contributed by atoms with Gasteiger partial charge in [0.2, 0.25) is 0 Å². The molecule has 1 unspecified atom stereocenters. The van der Waals surface area contributed by atoms with Crippen LogP contribution in [-0.2, 0) is 16.4 Å². The van der Waals surface area contributed by atoms with Gasteiger partial charge in [-0.1, -0.05) is 50.2 Å². The molecule has 1 atom stereocenters. The Morgan fingerprint density at radius 2 is 1.88 bits per heavy atom. The van der Waals surface area contributed by atoms with E-state index in [-0.39, 0.29) is 63.5 Å². The minimum absolute atomic E-state index is 0.0573. The number of nitrogens with one attached hydrogen (secondary N) is 1. The van der Waals surface area contributed by atoms with Crippen molar-refractivity contribution in [3.05, 3.63) is 118 Å². The maximum Gasteiger partial charge on any atom is 0.279 e. The monoisotopic (exact) mass is 600 g/mol. The van der Waals surface area contributed by atoms with Crippen molar-refractivity contribution >= 4 is 27.1 Å². The van der Waals surface area contributed by atoms with E-state index in [1.165, 1.54) is 47.5 Å². The summed E-state index contributed by atoms with van der Waals surface area (Å²) >= 11 is 0. The second kappa shape index (κ2) is 10.8. The fourth-order valence-corrected chi connectivity index (χ4v) is 8.07. The van der Waals surface area contributed by atoms with E-state index in [1.54, 1.807) is 12.1 Å². The third kappa shape index (κ3) is 5.43. The van der Waals surface area contributed by atoms with Crippen LogP contribution in [0.3, 0.4) is 0 Å². The summed E-state index contributed by atoms with van der Waals surface area (Å²) in [6, 6.07) is 19.6. The van der Waals surface area contributed by atoms with Crippen LogP contribution in [0.25, 0.3) is 0 Å². The van der Waals surface area contributed by atoms with Gasteiger partial charge < -0.3 is 15.2 Å². The number of ether oxygens (including phenoxy) is 1. The number of phenols is 1. The number of amides is 1. The standard InChI is InChI=1S/C32H29FN4O5S/c1-32(2)17-25-30(43(40,41)19-32)29(22-14-13-21(16-23(22)33)42-18-20-8-4-3-5-9-20)37(31(39)24-10-7-15-34-36-24)26-11-6-12-27(38)28(26)35-25/h3-16,29,35,38H,17-19H2,1-2H3. The number of hydrogen-bond donors (Lipinski definition) is 2. The number of carbonyl (C=O) groups excluding carboxylic acids is 1. The molecule has 3 aromatic carbocycles. The summed E-state index contributed by atoms with van der Waals surface area (Å²) in [6.45, 7) is 3.85. The van der Waals surface area contributed by atoms with Gasteiger partial charge in [0, 0.05) is 23.5 Å². The van der Waals surface area contributed by atoms with Gasteiger partial charge in [-0.2, -0.15) is 5.10 Å². The number of aromatic hydroxyl groups is 1. The van der Waals surface area contributed by atoms with Gasteiger partial charge >= 0.3 is 0 Å². The molecule has 0 saturated heterocycles. The Kier molecular flexibility index (Phi) is 7.13. The van der Waals surface area contributed by atoms with Crippen LogP contribution in [0.2, 0.25) is 0 Å². The average Bonchev–Trinajstić information content (AvgIpc) is 3.11. The average molecular weight is 601 g/mol. The Balaban J connectivity index is 1.56. The first-order chi connectivity index (χ1) is 20.5. The molecule has 4 aromatic rings. The first-order valence-corrected chi connectivity index (χ1v) is 15.3. The summed E-state index contributed by atoms with van der Waals surface area (Å²) in [7, 11) is -4.06. The van der Waals surface area contributed by atoms with Gasteiger partial charge in [0.25, 0.3) is 5.91 Å². The van der Waals surface area contributed by atoms with Crippen LogP contribution in [0, 0.1) is 11.2 Å². The van der Waals surface area contributed by atoms with Crippen molar-refractivity contribution < 1.29 is 27.4 Å². The number of sulfone groups is 1. The number of hydrogen-bond acceptors (Lipinski definition) is 8. The molecule has 11 heteroatoms. The Morgan fingerprint density at radius 1 is 1.09 bits per heavy atom. The van der Waals surface area contributed by atoms with E-state index in [0.29, 0.717) is 0 Å². The maximum atomic E-state index is 16.2. The molecule has 1 amide bonds. The molecule has 0 bridgehead atoms. The number of benzene rings is 3. The fraction of sp³-hybridized carbons (Fsp3) is 0.219. The molecule has 2 aliphatic rings. The lowest BCUT2D eigenvalue weighted by molar-refractivity contribution is 0.0974. The first-order valence-electron chi connectivity index (χ1n) is 13.7. The second-order valence-corrected chi connectivity index (χ2v) is 13.3. The van der Waals surface area contributed by atoms with Crippen LogP contribution in [0.1, 0.15) is 47.9 Å². The molecule has 0 fully saturated rings. The molecular weight excluding hydrogens is 571 g/mol. The van der Waals surface area contributed by atoms with Crippen LogP contribution < -0.4 is 15.0 Å². The molecular formula is C32H29FN4O5S. The second-order valence-electron chi connectivity index (χ2n) is 11.4. The minimum Gasteiger partial charge on any atom is -0.506 e. The number of carbonyl (C=O) groups is 1. The van der Waals surface area contributed by atoms with E-state index >= 15 is 4.39 Å². The van der Waals surface area contributed by atoms with Crippen molar-refractivity contribution in [1.29, 1.82) is 0 Å². The quantitative estimate of drug-likeness (QED) is 0.277. The Morgan fingerprint density at radius 3 is 2.60 bits per heavy atom. The number of rotatable bonds is 5. The minimum atomic E-state index is -4.06. The highest BCUT2D eigenvalue weighted by Gasteiger charge is 2.48. The Bertz CT molecular complexity index is 1850. The topological polar surface area (TPSA) is 122 Å². The summed E-state index contributed by atoms with van der Waals surface area (Å²) in [4.78, 5) is 15.2.